The molecule has 6 heteroatoms. The zero-order chi connectivity index (χ0) is 30.1. The third-order valence-corrected chi connectivity index (χ3v) is 8.44. The van der Waals surface area contributed by atoms with Crippen molar-refractivity contribution in [3.8, 4) is 62.1 Å². The molecule has 0 unspecified atom stereocenters. The summed E-state index contributed by atoms with van der Waals surface area (Å²) in [4.78, 5) is 0. The second-order valence-corrected chi connectivity index (χ2v) is 10.8. The maximum atomic E-state index is 10.9. The van der Waals surface area contributed by atoms with Gasteiger partial charge in [0, 0.05) is 16.3 Å². The Morgan fingerprint density at radius 2 is 0.795 bits per heavy atom. The molecule has 0 bridgehead atoms. The van der Waals surface area contributed by atoms with E-state index in [1.807, 2.05) is 78.9 Å². The number of aromatic hydroxyl groups is 5. The van der Waals surface area contributed by atoms with E-state index in [9.17, 15) is 25.5 Å². The van der Waals surface area contributed by atoms with Crippen molar-refractivity contribution in [1.82, 2.24) is 0 Å². The average Bonchev–Trinajstić information content (AvgIpc) is 3.45. The lowest BCUT2D eigenvalue weighted by Gasteiger charge is -2.20. The summed E-state index contributed by atoms with van der Waals surface area (Å²) in [5.74, 6) is -4.28. The molecule has 0 saturated carbocycles. The quantitative estimate of drug-likeness (QED) is 0.0813. The molecule has 0 aliphatic rings. The fourth-order valence-corrected chi connectivity index (χ4v) is 6.46. The molecule has 1 heterocycles. The normalized spacial score (nSPS) is 11.6. The number of para-hydroxylation sites is 1. The molecule has 1 aromatic heterocycles. The van der Waals surface area contributed by atoms with Crippen molar-refractivity contribution in [1.29, 1.82) is 0 Å². The van der Waals surface area contributed by atoms with Gasteiger partial charge in [-0.2, -0.15) is 0 Å². The van der Waals surface area contributed by atoms with E-state index in [1.54, 1.807) is 0 Å². The van der Waals surface area contributed by atoms with Crippen LogP contribution in [-0.2, 0) is 0 Å². The third-order valence-electron chi connectivity index (χ3n) is 8.44. The van der Waals surface area contributed by atoms with Gasteiger partial charge in [-0.1, -0.05) is 103 Å². The zero-order valence-electron chi connectivity index (χ0n) is 23.1. The largest absolute Gasteiger partial charge is 0.504 e. The molecule has 6 nitrogen and oxygen atoms in total. The average molecular weight is 577 g/mol. The summed E-state index contributed by atoms with van der Waals surface area (Å²) >= 11 is 0. The number of rotatable bonds is 3. The predicted octanol–water partition coefficient (Wildman–Crippen LogP) is 9.42. The van der Waals surface area contributed by atoms with Gasteiger partial charge in [-0.25, -0.2) is 0 Å². The Labute approximate surface area is 250 Å². The predicted molar refractivity (Wildman–Crippen MR) is 173 cm³/mol. The second-order valence-electron chi connectivity index (χ2n) is 10.8. The Hall–Kier alpha value is -6.14. The van der Waals surface area contributed by atoms with Crippen LogP contribution < -0.4 is 0 Å². The molecule has 0 aliphatic heterocycles. The second kappa shape index (κ2) is 9.44. The number of hydrogen-bond acceptors (Lipinski definition) is 6. The van der Waals surface area contributed by atoms with E-state index in [1.165, 1.54) is 0 Å². The van der Waals surface area contributed by atoms with E-state index < -0.39 is 28.7 Å². The lowest BCUT2D eigenvalue weighted by atomic mass is 9.85. The van der Waals surface area contributed by atoms with Crippen LogP contribution in [0.25, 0.3) is 76.9 Å². The van der Waals surface area contributed by atoms with Crippen LogP contribution >= 0.6 is 0 Å². The monoisotopic (exact) mass is 576 g/mol. The Bertz CT molecular complexity index is 2350. The van der Waals surface area contributed by atoms with Crippen LogP contribution in [-0.4, -0.2) is 25.5 Å². The minimum Gasteiger partial charge on any atom is -0.504 e. The molecule has 44 heavy (non-hydrogen) atoms. The Morgan fingerprint density at radius 1 is 0.341 bits per heavy atom. The molecule has 0 spiro atoms. The molecular weight excluding hydrogens is 552 g/mol. The maximum absolute atomic E-state index is 10.9. The van der Waals surface area contributed by atoms with Gasteiger partial charge in [0.2, 0.25) is 17.2 Å². The van der Waals surface area contributed by atoms with Gasteiger partial charge < -0.3 is 29.9 Å². The third kappa shape index (κ3) is 3.55. The van der Waals surface area contributed by atoms with Crippen molar-refractivity contribution in [2.24, 2.45) is 0 Å². The highest BCUT2D eigenvalue weighted by Gasteiger charge is 2.28. The standard InChI is InChI=1S/C38H24O6/c39-34-33(35(40)37(42)38(43)36(34)41)32-25-10-3-1-8-23(25)30(24-9-2-4-11-26(24)32)21-18-16-20(17-19-21)22-13-7-15-29-31(22)27-12-5-6-14-28(27)44-29/h1-19,39-43H. The molecular formula is C38H24O6. The van der Waals surface area contributed by atoms with Gasteiger partial charge in [-0.15, -0.1) is 0 Å². The molecule has 0 amide bonds. The number of furan rings is 1. The summed E-state index contributed by atoms with van der Waals surface area (Å²) in [6.07, 6.45) is 0. The van der Waals surface area contributed by atoms with E-state index in [0.717, 1.165) is 55.0 Å². The number of fused-ring (bicyclic) bond motifs is 5. The van der Waals surface area contributed by atoms with Gasteiger partial charge in [0.15, 0.2) is 11.5 Å². The van der Waals surface area contributed by atoms with E-state index in [2.05, 4.69) is 36.4 Å². The summed E-state index contributed by atoms with van der Waals surface area (Å²) in [5, 5.41) is 57.8. The highest BCUT2D eigenvalue weighted by Crippen LogP contribution is 2.57. The lowest BCUT2D eigenvalue weighted by molar-refractivity contribution is 0.330. The van der Waals surface area contributed by atoms with Crippen LogP contribution in [0, 0.1) is 0 Å². The molecule has 0 fully saturated rings. The van der Waals surface area contributed by atoms with Crippen molar-refractivity contribution in [3.05, 3.63) is 115 Å². The van der Waals surface area contributed by atoms with Gasteiger partial charge in [0.05, 0.1) is 5.56 Å². The molecule has 0 saturated heterocycles. The van der Waals surface area contributed by atoms with Crippen LogP contribution in [0.4, 0.5) is 0 Å². The van der Waals surface area contributed by atoms with Crippen LogP contribution in [0.2, 0.25) is 0 Å². The smallest absolute Gasteiger partial charge is 0.208 e. The number of benzene rings is 7. The zero-order valence-corrected chi connectivity index (χ0v) is 23.1. The van der Waals surface area contributed by atoms with Gasteiger partial charge >= 0.3 is 0 Å². The van der Waals surface area contributed by atoms with Crippen molar-refractivity contribution >= 4 is 43.5 Å². The summed E-state index contributed by atoms with van der Waals surface area (Å²) in [7, 11) is 0. The van der Waals surface area contributed by atoms with Gasteiger partial charge in [-0.3, -0.25) is 0 Å². The molecule has 8 aromatic rings. The van der Waals surface area contributed by atoms with Crippen molar-refractivity contribution < 1.29 is 29.9 Å². The molecule has 8 rings (SSSR count). The molecule has 0 radical (unpaired) electrons. The van der Waals surface area contributed by atoms with Crippen molar-refractivity contribution in [2.45, 2.75) is 0 Å². The Balaban J connectivity index is 1.38. The fraction of sp³-hybridized carbons (Fsp3) is 0. The van der Waals surface area contributed by atoms with E-state index in [-0.39, 0.29) is 5.56 Å². The lowest BCUT2D eigenvalue weighted by Crippen LogP contribution is -1.92. The Morgan fingerprint density at radius 3 is 1.39 bits per heavy atom. The highest BCUT2D eigenvalue weighted by atomic mass is 16.4. The molecule has 7 aromatic carbocycles. The Kier molecular flexibility index (Phi) is 5.48. The minimum atomic E-state index is -0.992. The number of hydrogen-bond donors (Lipinski definition) is 5. The first-order valence-electron chi connectivity index (χ1n) is 14.1. The summed E-state index contributed by atoms with van der Waals surface area (Å²) in [5.41, 5.74) is 5.94. The van der Waals surface area contributed by atoms with Crippen molar-refractivity contribution in [3.63, 3.8) is 0 Å². The molecule has 5 N–H and O–H groups in total. The first kappa shape index (κ1) is 25.6. The topological polar surface area (TPSA) is 114 Å². The highest BCUT2D eigenvalue weighted by molar-refractivity contribution is 6.23. The fourth-order valence-electron chi connectivity index (χ4n) is 6.46. The number of phenolic OH excluding ortho intramolecular Hbond substituents is 5. The van der Waals surface area contributed by atoms with Gasteiger partial charge in [-0.05, 0) is 55.9 Å². The first-order chi connectivity index (χ1) is 21.4. The van der Waals surface area contributed by atoms with E-state index in [4.69, 9.17) is 4.42 Å². The first-order valence-corrected chi connectivity index (χ1v) is 14.1. The van der Waals surface area contributed by atoms with Crippen LogP contribution in [0.1, 0.15) is 0 Å². The van der Waals surface area contributed by atoms with E-state index in [0.29, 0.717) is 16.3 Å². The maximum Gasteiger partial charge on any atom is 0.208 e. The van der Waals surface area contributed by atoms with Crippen LogP contribution in [0.3, 0.4) is 0 Å². The van der Waals surface area contributed by atoms with Crippen LogP contribution in [0.5, 0.6) is 28.7 Å². The summed E-state index contributed by atoms with van der Waals surface area (Å²) in [6, 6.07) is 37.6. The summed E-state index contributed by atoms with van der Waals surface area (Å²) < 4.78 is 6.11. The van der Waals surface area contributed by atoms with E-state index >= 15 is 0 Å². The van der Waals surface area contributed by atoms with Crippen LogP contribution in [0.15, 0.2) is 120 Å². The SMILES string of the molecule is Oc1c(O)c(O)c(-c2c3ccccc3c(-c3ccc(-c4cccc5oc6ccccc6c45)cc3)c3ccccc23)c(O)c1O. The molecule has 0 atom stereocenters. The van der Waals surface area contributed by atoms with Gasteiger partial charge in [0.25, 0.3) is 0 Å². The molecule has 0 aliphatic carbocycles. The molecule has 212 valence electrons. The minimum absolute atomic E-state index is 0.174. The number of phenols is 5. The summed E-state index contributed by atoms with van der Waals surface area (Å²) in [6.45, 7) is 0. The van der Waals surface area contributed by atoms with Crippen molar-refractivity contribution in [2.75, 3.05) is 0 Å². The van der Waals surface area contributed by atoms with Gasteiger partial charge in [0.1, 0.15) is 11.2 Å².